The quantitative estimate of drug-likeness (QED) is 0.744. The first-order valence-corrected chi connectivity index (χ1v) is 7.72. The minimum Gasteiger partial charge on any atom is -0.376 e. The van der Waals surface area contributed by atoms with Crippen LogP contribution < -0.4 is 10.6 Å². The molecule has 0 radical (unpaired) electrons. The predicted octanol–water partition coefficient (Wildman–Crippen LogP) is 4.51. The van der Waals surface area contributed by atoms with Gasteiger partial charge in [-0.25, -0.2) is 0 Å². The normalized spacial score (nSPS) is 10.5. The van der Waals surface area contributed by atoms with E-state index in [0.717, 1.165) is 22.1 Å². The van der Waals surface area contributed by atoms with Crippen LogP contribution in [0.2, 0.25) is 0 Å². The maximum Gasteiger partial charge on any atom is 0.243 e. The molecule has 23 heavy (non-hydrogen) atoms. The molecule has 0 unspecified atom stereocenters. The SMILES string of the molecule is Cc1ccc(NCC(=O)Nc2cccc3ccccc23)cc1C. The first kappa shape index (κ1) is 15.1. The zero-order valence-corrected chi connectivity index (χ0v) is 13.4. The minimum absolute atomic E-state index is 0.0559. The number of carbonyl (C=O) groups is 1. The monoisotopic (exact) mass is 304 g/mol. The van der Waals surface area contributed by atoms with Crippen molar-refractivity contribution in [2.45, 2.75) is 13.8 Å². The highest BCUT2D eigenvalue weighted by atomic mass is 16.1. The van der Waals surface area contributed by atoms with Gasteiger partial charge in [0.25, 0.3) is 0 Å². The third kappa shape index (κ3) is 3.51. The van der Waals surface area contributed by atoms with Crippen LogP contribution in [-0.2, 0) is 4.79 Å². The van der Waals surface area contributed by atoms with E-state index in [0.29, 0.717) is 0 Å². The molecule has 0 bridgehead atoms. The Morgan fingerprint density at radius 3 is 2.52 bits per heavy atom. The molecule has 3 rings (SSSR count). The second-order valence-corrected chi connectivity index (χ2v) is 5.73. The first-order chi connectivity index (χ1) is 11.1. The smallest absolute Gasteiger partial charge is 0.243 e. The van der Waals surface area contributed by atoms with E-state index in [1.807, 2.05) is 48.5 Å². The Bertz CT molecular complexity index is 850. The van der Waals surface area contributed by atoms with Crippen molar-refractivity contribution in [1.29, 1.82) is 0 Å². The summed E-state index contributed by atoms with van der Waals surface area (Å²) >= 11 is 0. The van der Waals surface area contributed by atoms with Gasteiger partial charge in [-0.15, -0.1) is 0 Å². The fourth-order valence-corrected chi connectivity index (χ4v) is 2.56. The number of rotatable bonds is 4. The fourth-order valence-electron chi connectivity index (χ4n) is 2.56. The third-order valence-electron chi connectivity index (χ3n) is 4.02. The molecule has 0 aromatic heterocycles. The van der Waals surface area contributed by atoms with Crippen LogP contribution in [-0.4, -0.2) is 12.5 Å². The maximum absolute atomic E-state index is 12.2. The van der Waals surface area contributed by atoms with Crippen molar-refractivity contribution in [1.82, 2.24) is 0 Å². The zero-order valence-electron chi connectivity index (χ0n) is 13.4. The van der Waals surface area contributed by atoms with E-state index >= 15 is 0 Å². The van der Waals surface area contributed by atoms with Crippen LogP contribution in [0.5, 0.6) is 0 Å². The van der Waals surface area contributed by atoms with E-state index < -0.39 is 0 Å². The Labute approximate surface area is 136 Å². The molecular weight excluding hydrogens is 284 g/mol. The van der Waals surface area contributed by atoms with Gasteiger partial charge >= 0.3 is 0 Å². The summed E-state index contributed by atoms with van der Waals surface area (Å²) in [7, 11) is 0. The van der Waals surface area contributed by atoms with Gasteiger partial charge in [-0.1, -0.05) is 42.5 Å². The Morgan fingerprint density at radius 1 is 0.913 bits per heavy atom. The van der Waals surface area contributed by atoms with Gasteiger partial charge in [-0.05, 0) is 48.6 Å². The summed E-state index contributed by atoms with van der Waals surface area (Å²) in [6.07, 6.45) is 0. The summed E-state index contributed by atoms with van der Waals surface area (Å²) < 4.78 is 0. The molecule has 1 amide bonds. The first-order valence-electron chi connectivity index (χ1n) is 7.72. The Balaban J connectivity index is 1.68. The highest BCUT2D eigenvalue weighted by molar-refractivity contribution is 6.03. The molecule has 0 aliphatic rings. The van der Waals surface area contributed by atoms with Gasteiger partial charge in [-0.2, -0.15) is 0 Å². The van der Waals surface area contributed by atoms with Gasteiger partial charge in [-0.3, -0.25) is 4.79 Å². The topological polar surface area (TPSA) is 41.1 Å². The van der Waals surface area contributed by atoms with Crippen molar-refractivity contribution in [3.05, 3.63) is 71.8 Å². The van der Waals surface area contributed by atoms with Crippen molar-refractivity contribution in [2.24, 2.45) is 0 Å². The molecule has 0 saturated carbocycles. The van der Waals surface area contributed by atoms with Crippen LogP contribution >= 0.6 is 0 Å². The Hall–Kier alpha value is -2.81. The predicted molar refractivity (Wildman–Crippen MR) is 97.0 cm³/mol. The Morgan fingerprint density at radius 2 is 1.70 bits per heavy atom. The molecule has 116 valence electrons. The van der Waals surface area contributed by atoms with Crippen molar-refractivity contribution in [2.75, 3.05) is 17.2 Å². The van der Waals surface area contributed by atoms with Crippen molar-refractivity contribution >= 4 is 28.1 Å². The molecule has 3 nitrogen and oxygen atoms in total. The molecular formula is C20H20N2O. The van der Waals surface area contributed by atoms with Crippen LogP contribution in [0.3, 0.4) is 0 Å². The third-order valence-corrected chi connectivity index (χ3v) is 4.02. The van der Waals surface area contributed by atoms with E-state index in [-0.39, 0.29) is 12.5 Å². The molecule has 0 fully saturated rings. The molecule has 2 N–H and O–H groups in total. The van der Waals surface area contributed by atoms with E-state index in [9.17, 15) is 4.79 Å². The van der Waals surface area contributed by atoms with Crippen LogP contribution in [0.15, 0.2) is 60.7 Å². The highest BCUT2D eigenvalue weighted by Gasteiger charge is 2.05. The fraction of sp³-hybridized carbons (Fsp3) is 0.150. The number of hydrogen-bond acceptors (Lipinski definition) is 2. The van der Waals surface area contributed by atoms with Crippen LogP contribution in [0.25, 0.3) is 10.8 Å². The molecule has 3 heteroatoms. The Kier molecular flexibility index (Phi) is 4.29. The summed E-state index contributed by atoms with van der Waals surface area (Å²) in [4.78, 5) is 12.2. The summed E-state index contributed by atoms with van der Waals surface area (Å²) in [5.41, 5.74) is 4.26. The molecule has 0 spiro atoms. The van der Waals surface area contributed by atoms with E-state index in [1.165, 1.54) is 11.1 Å². The van der Waals surface area contributed by atoms with Crippen LogP contribution in [0.4, 0.5) is 11.4 Å². The lowest BCUT2D eigenvalue weighted by Gasteiger charge is -2.11. The van der Waals surface area contributed by atoms with Crippen LogP contribution in [0, 0.1) is 13.8 Å². The number of hydrogen-bond donors (Lipinski definition) is 2. The molecule has 0 aliphatic carbocycles. The lowest BCUT2D eigenvalue weighted by Crippen LogP contribution is -2.21. The molecule has 0 aliphatic heterocycles. The van der Waals surface area contributed by atoms with E-state index in [2.05, 4.69) is 36.6 Å². The summed E-state index contributed by atoms with van der Waals surface area (Å²) in [5.74, 6) is -0.0559. The number of aryl methyl sites for hydroxylation is 2. The minimum atomic E-state index is -0.0559. The maximum atomic E-state index is 12.2. The number of fused-ring (bicyclic) bond motifs is 1. The van der Waals surface area contributed by atoms with E-state index in [4.69, 9.17) is 0 Å². The number of benzene rings is 3. The zero-order chi connectivity index (χ0) is 16.2. The average molecular weight is 304 g/mol. The van der Waals surface area contributed by atoms with Gasteiger partial charge in [0.15, 0.2) is 0 Å². The van der Waals surface area contributed by atoms with Gasteiger partial charge in [0.05, 0.1) is 6.54 Å². The van der Waals surface area contributed by atoms with Gasteiger partial charge in [0.2, 0.25) is 5.91 Å². The van der Waals surface area contributed by atoms with Crippen molar-refractivity contribution in [3.8, 4) is 0 Å². The van der Waals surface area contributed by atoms with Crippen molar-refractivity contribution < 1.29 is 4.79 Å². The van der Waals surface area contributed by atoms with Gasteiger partial charge in [0.1, 0.15) is 0 Å². The molecule has 3 aromatic carbocycles. The van der Waals surface area contributed by atoms with E-state index in [1.54, 1.807) is 0 Å². The molecule has 0 heterocycles. The molecule has 0 atom stereocenters. The lowest BCUT2D eigenvalue weighted by atomic mass is 10.1. The van der Waals surface area contributed by atoms with Gasteiger partial charge in [0, 0.05) is 16.8 Å². The lowest BCUT2D eigenvalue weighted by molar-refractivity contribution is -0.114. The van der Waals surface area contributed by atoms with Crippen molar-refractivity contribution in [3.63, 3.8) is 0 Å². The second-order valence-electron chi connectivity index (χ2n) is 5.73. The van der Waals surface area contributed by atoms with Crippen LogP contribution in [0.1, 0.15) is 11.1 Å². The molecule has 3 aromatic rings. The number of nitrogens with one attached hydrogen (secondary N) is 2. The standard InChI is InChI=1S/C20H20N2O/c1-14-10-11-17(12-15(14)2)21-13-20(23)22-19-9-5-7-16-6-3-4-8-18(16)19/h3-12,21H,13H2,1-2H3,(H,22,23). The summed E-state index contributed by atoms with van der Waals surface area (Å²) in [6, 6.07) is 20.1. The number of amides is 1. The summed E-state index contributed by atoms with van der Waals surface area (Å²) in [5, 5.41) is 8.32. The second kappa shape index (κ2) is 6.53. The molecule has 0 saturated heterocycles. The highest BCUT2D eigenvalue weighted by Crippen LogP contribution is 2.22. The largest absolute Gasteiger partial charge is 0.376 e. The number of carbonyl (C=O) groups excluding carboxylic acids is 1. The number of anilines is 2. The average Bonchev–Trinajstić information content (AvgIpc) is 2.56. The summed E-state index contributed by atoms with van der Waals surface area (Å²) in [6.45, 7) is 4.38. The van der Waals surface area contributed by atoms with Gasteiger partial charge < -0.3 is 10.6 Å².